The average molecular weight is 195 g/mol. The summed E-state index contributed by atoms with van der Waals surface area (Å²) in [6, 6.07) is 4.07. The van der Waals surface area contributed by atoms with E-state index in [-0.39, 0.29) is 6.10 Å². The van der Waals surface area contributed by atoms with Crippen molar-refractivity contribution in [1.29, 1.82) is 0 Å². The predicted molar refractivity (Wildman–Crippen MR) is 50.0 cm³/mol. The molecule has 1 aromatic carbocycles. The summed E-state index contributed by atoms with van der Waals surface area (Å²) >= 11 is 0. The van der Waals surface area contributed by atoms with Crippen molar-refractivity contribution >= 4 is 12.0 Å². The molecule has 1 aromatic rings. The molecule has 0 radical (unpaired) electrons. The number of nitrogens with zero attached hydrogens (tertiary/aromatic N) is 1. The van der Waals surface area contributed by atoms with Crippen LogP contribution in [0.25, 0.3) is 0 Å². The largest absolute Gasteiger partial charge is 0.389 e. The maximum absolute atomic E-state index is 12.8. The molecule has 0 aliphatic carbocycles. The Balaban J connectivity index is 2.28. The number of hydrogen-bond donors (Lipinski definition) is 1. The van der Waals surface area contributed by atoms with Crippen molar-refractivity contribution in [3.05, 3.63) is 29.6 Å². The minimum atomic E-state index is -0.420. The van der Waals surface area contributed by atoms with Gasteiger partial charge in [0.05, 0.1) is 6.10 Å². The molecule has 3 nitrogen and oxygen atoms in total. The molecule has 0 unspecified atom stereocenters. The molecule has 1 aliphatic heterocycles. The molecule has 0 saturated carbocycles. The number of carbonyl (C=O) groups excluding carboxylic acids is 1. The fraction of sp³-hybridized carbons (Fsp3) is 0.300. The maximum Gasteiger partial charge on any atom is 0.152 e. The van der Waals surface area contributed by atoms with Gasteiger partial charge >= 0.3 is 0 Å². The maximum atomic E-state index is 12.8. The number of halogens is 1. The van der Waals surface area contributed by atoms with E-state index in [1.165, 1.54) is 12.1 Å². The Hall–Kier alpha value is -1.42. The smallest absolute Gasteiger partial charge is 0.152 e. The highest BCUT2D eigenvalue weighted by atomic mass is 19.1. The highest BCUT2D eigenvalue weighted by Crippen LogP contribution is 2.24. The Morgan fingerprint density at radius 1 is 1.50 bits per heavy atom. The third-order valence-electron chi connectivity index (χ3n) is 2.32. The van der Waals surface area contributed by atoms with E-state index in [2.05, 4.69) is 0 Å². The van der Waals surface area contributed by atoms with Gasteiger partial charge in [-0.15, -0.1) is 0 Å². The summed E-state index contributed by atoms with van der Waals surface area (Å²) in [5.41, 5.74) is 1.02. The molecule has 14 heavy (non-hydrogen) atoms. The van der Waals surface area contributed by atoms with Crippen molar-refractivity contribution in [2.75, 3.05) is 18.0 Å². The summed E-state index contributed by atoms with van der Waals surface area (Å²) in [6.07, 6.45) is 0.294. The standard InChI is InChI=1S/C10H10FNO2/c11-8-1-2-10(7(3-8)6-13)12-4-9(14)5-12/h1-3,6,9,14H,4-5H2. The molecule has 4 heteroatoms. The fourth-order valence-corrected chi connectivity index (χ4v) is 1.56. The van der Waals surface area contributed by atoms with Gasteiger partial charge in [-0.3, -0.25) is 4.79 Å². The normalized spacial score (nSPS) is 16.6. The van der Waals surface area contributed by atoms with E-state index in [4.69, 9.17) is 5.11 Å². The molecule has 0 bridgehead atoms. The number of anilines is 1. The van der Waals surface area contributed by atoms with Crippen LogP contribution in [-0.4, -0.2) is 30.6 Å². The van der Waals surface area contributed by atoms with Crippen LogP contribution in [0.4, 0.5) is 10.1 Å². The first-order chi connectivity index (χ1) is 6.70. The van der Waals surface area contributed by atoms with E-state index in [0.29, 0.717) is 30.6 Å². The van der Waals surface area contributed by atoms with Gasteiger partial charge in [-0.2, -0.15) is 0 Å². The van der Waals surface area contributed by atoms with Crippen molar-refractivity contribution in [1.82, 2.24) is 0 Å². The second-order valence-electron chi connectivity index (χ2n) is 3.38. The molecule has 1 heterocycles. The Kier molecular flexibility index (Phi) is 2.21. The molecule has 2 rings (SSSR count). The lowest BCUT2D eigenvalue weighted by Gasteiger charge is -2.38. The van der Waals surface area contributed by atoms with Crippen molar-refractivity contribution in [2.45, 2.75) is 6.10 Å². The minimum Gasteiger partial charge on any atom is -0.389 e. The number of carbonyl (C=O) groups is 1. The van der Waals surface area contributed by atoms with Crippen LogP contribution in [0.15, 0.2) is 18.2 Å². The Morgan fingerprint density at radius 3 is 2.79 bits per heavy atom. The van der Waals surface area contributed by atoms with Crippen LogP contribution >= 0.6 is 0 Å². The second-order valence-corrected chi connectivity index (χ2v) is 3.38. The van der Waals surface area contributed by atoms with E-state index < -0.39 is 5.82 Å². The first-order valence-electron chi connectivity index (χ1n) is 4.38. The molecule has 74 valence electrons. The van der Waals surface area contributed by atoms with Crippen LogP contribution in [0.3, 0.4) is 0 Å². The van der Waals surface area contributed by atoms with Gasteiger partial charge in [0.1, 0.15) is 5.82 Å². The van der Waals surface area contributed by atoms with Gasteiger partial charge < -0.3 is 10.0 Å². The Morgan fingerprint density at radius 2 is 2.21 bits per heavy atom. The Labute approximate surface area is 80.8 Å². The quantitative estimate of drug-likeness (QED) is 0.710. The molecule has 1 aliphatic rings. The lowest BCUT2D eigenvalue weighted by molar-refractivity contribution is 0.112. The third kappa shape index (κ3) is 1.48. The monoisotopic (exact) mass is 195 g/mol. The highest BCUT2D eigenvalue weighted by molar-refractivity contribution is 5.85. The number of aliphatic hydroxyl groups is 1. The predicted octanol–water partition coefficient (Wildman–Crippen LogP) is 0.819. The zero-order valence-electron chi connectivity index (χ0n) is 7.48. The van der Waals surface area contributed by atoms with Gasteiger partial charge in [0.25, 0.3) is 0 Å². The van der Waals surface area contributed by atoms with Crippen LogP contribution in [0.2, 0.25) is 0 Å². The van der Waals surface area contributed by atoms with Crippen LogP contribution in [0.5, 0.6) is 0 Å². The third-order valence-corrected chi connectivity index (χ3v) is 2.32. The number of hydrogen-bond acceptors (Lipinski definition) is 3. The first-order valence-corrected chi connectivity index (χ1v) is 4.38. The SMILES string of the molecule is O=Cc1cc(F)ccc1N1CC(O)C1. The lowest BCUT2D eigenvalue weighted by atomic mass is 10.1. The molecule has 0 spiro atoms. The van der Waals surface area contributed by atoms with Crippen LogP contribution < -0.4 is 4.90 Å². The molecule has 1 saturated heterocycles. The van der Waals surface area contributed by atoms with E-state index in [1.54, 1.807) is 6.07 Å². The van der Waals surface area contributed by atoms with E-state index in [9.17, 15) is 9.18 Å². The average Bonchev–Trinajstić information content (AvgIpc) is 2.13. The van der Waals surface area contributed by atoms with E-state index in [0.717, 1.165) is 0 Å². The number of aliphatic hydroxyl groups excluding tert-OH is 1. The lowest BCUT2D eigenvalue weighted by Crippen LogP contribution is -2.51. The first kappa shape index (κ1) is 9.15. The highest BCUT2D eigenvalue weighted by Gasteiger charge is 2.26. The molecular weight excluding hydrogens is 185 g/mol. The molecule has 0 aromatic heterocycles. The summed E-state index contributed by atoms with van der Waals surface area (Å²) in [5.74, 6) is -0.420. The summed E-state index contributed by atoms with van der Waals surface area (Å²) in [5, 5.41) is 9.09. The van der Waals surface area contributed by atoms with Crippen molar-refractivity contribution in [2.24, 2.45) is 0 Å². The number of benzene rings is 1. The Bertz CT molecular complexity index is 361. The van der Waals surface area contributed by atoms with Gasteiger partial charge in [-0.05, 0) is 18.2 Å². The summed E-state index contributed by atoms with van der Waals surface area (Å²) in [4.78, 5) is 12.5. The molecule has 1 fully saturated rings. The van der Waals surface area contributed by atoms with Crippen molar-refractivity contribution in [3.8, 4) is 0 Å². The minimum absolute atomic E-state index is 0.330. The fourth-order valence-electron chi connectivity index (χ4n) is 1.56. The summed E-state index contributed by atoms with van der Waals surface area (Å²) in [6.45, 7) is 1.01. The molecule has 0 atom stereocenters. The van der Waals surface area contributed by atoms with E-state index in [1.807, 2.05) is 4.90 Å². The van der Waals surface area contributed by atoms with Gasteiger partial charge in [0, 0.05) is 24.3 Å². The zero-order valence-corrected chi connectivity index (χ0v) is 7.48. The summed E-state index contributed by atoms with van der Waals surface area (Å²) in [7, 11) is 0. The number of rotatable bonds is 2. The van der Waals surface area contributed by atoms with Gasteiger partial charge in [0.2, 0.25) is 0 Å². The number of β-amino-alcohol motifs (C(OH)–C–C–N with tert-alkyl or cyclic N) is 1. The van der Waals surface area contributed by atoms with Crippen LogP contribution in [-0.2, 0) is 0 Å². The van der Waals surface area contributed by atoms with Gasteiger partial charge in [0.15, 0.2) is 6.29 Å². The summed E-state index contributed by atoms with van der Waals surface area (Å²) < 4.78 is 12.8. The van der Waals surface area contributed by atoms with E-state index >= 15 is 0 Å². The van der Waals surface area contributed by atoms with Gasteiger partial charge in [-0.25, -0.2) is 4.39 Å². The van der Waals surface area contributed by atoms with Crippen molar-refractivity contribution in [3.63, 3.8) is 0 Å². The van der Waals surface area contributed by atoms with Crippen LogP contribution in [0.1, 0.15) is 10.4 Å². The molecule has 1 N–H and O–H groups in total. The zero-order chi connectivity index (χ0) is 10.1. The van der Waals surface area contributed by atoms with Gasteiger partial charge in [-0.1, -0.05) is 0 Å². The topological polar surface area (TPSA) is 40.5 Å². The molecular formula is C10H10FNO2. The van der Waals surface area contributed by atoms with Crippen molar-refractivity contribution < 1.29 is 14.3 Å². The molecule has 0 amide bonds. The number of aldehydes is 1. The second kappa shape index (κ2) is 3.38. The van der Waals surface area contributed by atoms with Crippen LogP contribution in [0, 0.1) is 5.82 Å².